The molecule has 25 heavy (non-hydrogen) atoms. The van der Waals surface area contributed by atoms with Crippen molar-refractivity contribution in [3.05, 3.63) is 45.6 Å². The molecule has 0 aliphatic carbocycles. The number of thiophene rings is 1. The molecule has 1 amide bonds. The van der Waals surface area contributed by atoms with Crippen LogP contribution < -0.4 is 10.2 Å². The molecule has 1 fully saturated rings. The van der Waals surface area contributed by atoms with E-state index < -0.39 is 0 Å². The maximum Gasteiger partial charge on any atom is 0.265 e. The first-order valence-electron chi connectivity index (χ1n) is 8.40. The highest BCUT2D eigenvalue weighted by Crippen LogP contribution is 2.25. The normalized spacial score (nSPS) is 15.2. The van der Waals surface area contributed by atoms with Crippen LogP contribution in [0.3, 0.4) is 0 Å². The van der Waals surface area contributed by atoms with Crippen molar-refractivity contribution in [1.82, 2.24) is 4.90 Å². The Morgan fingerprint density at radius 2 is 1.72 bits per heavy atom. The summed E-state index contributed by atoms with van der Waals surface area (Å²) in [6, 6.07) is 9.54. The number of likely N-dealkylation sites (N-methyl/N-ethyl adjacent to an activating group) is 1. The number of anilines is 2. The van der Waals surface area contributed by atoms with E-state index in [1.807, 2.05) is 13.0 Å². The molecular weight excluding hydrogens is 334 g/mol. The van der Waals surface area contributed by atoms with Gasteiger partial charge in [0.2, 0.25) is 0 Å². The van der Waals surface area contributed by atoms with E-state index in [0.29, 0.717) is 9.75 Å². The van der Waals surface area contributed by atoms with Gasteiger partial charge < -0.3 is 15.1 Å². The summed E-state index contributed by atoms with van der Waals surface area (Å²) >= 11 is 1.23. The van der Waals surface area contributed by atoms with Gasteiger partial charge in [-0.05, 0) is 56.8 Å². The number of piperazine rings is 1. The van der Waals surface area contributed by atoms with Crippen LogP contribution in [-0.4, -0.2) is 49.8 Å². The largest absolute Gasteiger partial charge is 0.369 e. The van der Waals surface area contributed by atoms with Gasteiger partial charge in [-0.25, -0.2) is 0 Å². The number of hydrogen-bond donors (Lipinski definition) is 1. The Labute approximate surface area is 152 Å². The van der Waals surface area contributed by atoms with Crippen molar-refractivity contribution in [2.24, 2.45) is 0 Å². The predicted molar refractivity (Wildman–Crippen MR) is 103 cm³/mol. The van der Waals surface area contributed by atoms with Crippen molar-refractivity contribution >= 4 is 34.4 Å². The van der Waals surface area contributed by atoms with Crippen LogP contribution in [0.4, 0.5) is 11.4 Å². The molecule has 1 aliphatic rings. The minimum absolute atomic E-state index is 0.0169. The highest BCUT2D eigenvalue weighted by atomic mass is 32.1. The lowest BCUT2D eigenvalue weighted by Crippen LogP contribution is -2.44. The molecule has 3 rings (SSSR count). The van der Waals surface area contributed by atoms with Crippen molar-refractivity contribution in [2.45, 2.75) is 13.8 Å². The molecule has 0 spiro atoms. The van der Waals surface area contributed by atoms with Crippen LogP contribution in [0.2, 0.25) is 0 Å². The third kappa shape index (κ3) is 4.08. The summed E-state index contributed by atoms with van der Waals surface area (Å²) in [5, 5.41) is 2.95. The van der Waals surface area contributed by atoms with Gasteiger partial charge >= 0.3 is 0 Å². The second-order valence-corrected chi connectivity index (χ2v) is 7.55. The zero-order valence-corrected chi connectivity index (χ0v) is 15.7. The van der Waals surface area contributed by atoms with E-state index >= 15 is 0 Å². The standard InChI is InChI=1S/C19H23N3O2S/c1-13-12-15(22-10-8-21(3)9-11-22)4-5-16(13)20-19(24)18-7-6-17(25-18)14(2)23/h4-7,12H,8-11H2,1-3H3,(H,20,24). The minimum atomic E-state index is -0.173. The molecule has 0 radical (unpaired) electrons. The Hall–Kier alpha value is -2.18. The van der Waals surface area contributed by atoms with E-state index in [2.05, 4.69) is 34.3 Å². The number of carbonyl (C=O) groups excluding carboxylic acids is 2. The molecule has 0 saturated carbocycles. The summed E-state index contributed by atoms with van der Waals surface area (Å²) < 4.78 is 0. The lowest BCUT2D eigenvalue weighted by Gasteiger charge is -2.34. The first-order chi connectivity index (χ1) is 11.9. The summed E-state index contributed by atoms with van der Waals surface area (Å²) in [4.78, 5) is 29.6. The van der Waals surface area contributed by atoms with Crippen LogP contribution in [0.5, 0.6) is 0 Å². The maximum absolute atomic E-state index is 12.4. The molecule has 5 nitrogen and oxygen atoms in total. The number of benzene rings is 1. The third-order valence-corrected chi connectivity index (χ3v) is 5.69. The molecule has 2 heterocycles. The van der Waals surface area contributed by atoms with Crippen LogP contribution in [0.25, 0.3) is 0 Å². The number of nitrogens with zero attached hydrogens (tertiary/aromatic N) is 2. The summed E-state index contributed by atoms with van der Waals surface area (Å²) in [5.41, 5.74) is 3.03. The summed E-state index contributed by atoms with van der Waals surface area (Å²) in [6.45, 7) is 7.68. The Morgan fingerprint density at radius 3 is 2.32 bits per heavy atom. The smallest absolute Gasteiger partial charge is 0.265 e. The molecule has 0 atom stereocenters. The molecule has 1 aromatic heterocycles. The highest BCUT2D eigenvalue weighted by Gasteiger charge is 2.16. The molecule has 1 aliphatic heterocycles. The van der Waals surface area contributed by atoms with Gasteiger partial charge in [0.05, 0.1) is 9.75 Å². The molecule has 2 aromatic rings. The molecule has 132 valence electrons. The van der Waals surface area contributed by atoms with Gasteiger partial charge in [0, 0.05) is 37.6 Å². The minimum Gasteiger partial charge on any atom is -0.369 e. The summed E-state index contributed by atoms with van der Waals surface area (Å²) in [6.07, 6.45) is 0. The zero-order chi connectivity index (χ0) is 18.0. The first-order valence-corrected chi connectivity index (χ1v) is 9.22. The topological polar surface area (TPSA) is 52.7 Å². The lowest BCUT2D eigenvalue weighted by molar-refractivity contribution is 0.101. The molecule has 1 N–H and O–H groups in total. The molecule has 1 saturated heterocycles. The van der Waals surface area contributed by atoms with Crippen molar-refractivity contribution in [3.8, 4) is 0 Å². The molecule has 0 bridgehead atoms. The second-order valence-electron chi connectivity index (χ2n) is 6.46. The van der Waals surface area contributed by atoms with Gasteiger partial charge in [-0.1, -0.05) is 0 Å². The SMILES string of the molecule is CC(=O)c1ccc(C(=O)Nc2ccc(N3CCN(C)CC3)cc2C)s1. The zero-order valence-electron chi connectivity index (χ0n) is 14.8. The lowest BCUT2D eigenvalue weighted by atomic mass is 10.1. The number of amides is 1. The van der Waals surface area contributed by atoms with E-state index in [1.165, 1.54) is 23.9 Å². The van der Waals surface area contributed by atoms with Crippen molar-refractivity contribution < 1.29 is 9.59 Å². The van der Waals surface area contributed by atoms with Crippen LogP contribution >= 0.6 is 11.3 Å². The monoisotopic (exact) mass is 357 g/mol. The number of ketones is 1. The van der Waals surface area contributed by atoms with Crippen molar-refractivity contribution in [3.63, 3.8) is 0 Å². The van der Waals surface area contributed by atoms with Gasteiger partial charge in [0.25, 0.3) is 5.91 Å². The third-order valence-electron chi connectivity index (χ3n) is 4.50. The maximum atomic E-state index is 12.4. The quantitative estimate of drug-likeness (QED) is 0.854. The average Bonchev–Trinajstić information content (AvgIpc) is 3.08. The molecular formula is C19H23N3O2S. The Balaban J connectivity index is 1.70. The number of hydrogen-bond acceptors (Lipinski definition) is 5. The summed E-state index contributed by atoms with van der Waals surface area (Å²) in [7, 11) is 2.14. The Kier molecular flexibility index (Phi) is 5.20. The van der Waals surface area contributed by atoms with Gasteiger partial charge in [0.15, 0.2) is 5.78 Å². The van der Waals surface area contributed by atoms with Crippen LogP contribution in [-0.2, 0) is 0 Å². The van der Waals surface area contributed by atoms with Gasteiger partial charge in [-0.2, -0.15) is 0 Å². The van der Waals surface area contributed by atoms with Gasteiger partial charge in [-0.15, -0.1) is 11.3 Å². The average molecular weight is 357 g/mol. The Morgan fingerprint density at radius 1 is 1.04 bits per heavy atom. The fraction of sp³-hybridized carbons (Fsp3) is 0.368. The van der Waals surface area contributed by atoms with Crippen LogP contribution in [0.15, 0.2) is 30.3 Å². The van der Waals surface area contributed by atoms with Crippen molar-refractivity contribution in [2.75, 3.05) is 43.4 Å². The molecule has 0 unspecified atom stereocenters. The first kappa shape index (κ1) is 17.6. The summed E-state index contributed by atoms with van der Waals surface area (Å²) in [5.74, 6) is -0.190. The molecule has 1 aromatic carbocycles. The van der Waals surface area contributed by atoms with Crippen LogP contribution in [0.1, 0.15) is 31.8 Å². The number of Topliss-reactive ketones (excluding diaryl/α,β-unsaturated/α-hetero) is 1. The fourth-order valence-electron chi connectivity index (χ4n) is 2.88. The second kappa shape index (κ2) is 7.37. The fourth-order valence-corrected chi connectivity index (χ4v) is 3.68. The van der Waals surface area contributed by atoms with Gasteiger partial charge in [-0.3, -0.25) is 9.59 Å². The number of rotatable bonds is 4. The van der Waals surface area contributed by atoms with E-state index in [1.54, 1.807) is 12.1 Å². The van der Waals surface area contributed by atoms with Gasteiger partial charge in [0.1, 0.15) is 0 Å². The Bertz CT molecular complexity index is 792. The predicted octanol–water partition coefficient (Wildman–Crippen LogP) is 3.26. The van der Waals surface area contributed by atoms with Crippen LogP contribution in [0, 0.1) is 6.92 Å². The number of carbonyl (C=O) groups is 2. The van der Waals surface area contributed by atoms with E-state index in [4.69, 9.17) is 0 Å². The van der Waals surface area contributed by atoms with E-state index in [0.717, 1.165) is 37.4 Å². The number of nitrogens with one attached hydrogen (secondary N) is 1. The van der Waals surface area contributed by atoms with E-state index in [-0.39, 0.29) is 11.7 Å². The van der Waals surface area contributed by atoms with Crippen molar-refractivity contribution in [1.29, 1.82) is 0 Å². The molecule has 6 heteroatoms. The highest BCUT2D eigenvalue weighted by molar-refractivity contribution is 7.16. The number of aryl methyl sites for hydroxylation is 1. The van der Waals surface area contributed by atoms with E-state index in [9.17, 15) is 9.59 Å².